The molecule has 3 nitrogen and oxygen atoms in total. The van der Waals surface area contributed by atoms with Gasteiger partial charge in [-0.2, -0.15) is 0 Å². The van der Waals surface area contributed by atoms with Gasteiger partial charge in [-0.15, -0.1) is 11.8 Å². The predicted molar refractivity (Wildman–Crippen MR) is 90.4 cm³/mol. The molecule has 0 heterocycles. The number of allylic oxidation sites excluding steroid dienone is 2. The number of carbonyl (C=O) groups is 2. The van der Waals surface area contributed by atoms with Crippen molar-refractivity contribution in [1.82, 2.24) is 0 Å². The number of benzene rings is 2. The monoisotopic (exact) mass is 309 g/mol. The molecule has 0 amide bonds. The van der Waals surface area contributed by atoms with Gasteiger partial charge in [-0.3, -0.25) is 9.59 Å². The molecular formula is C18H15NO2S. The molecule has 3 rings (SSSR count). The first-order valence-corrected chi connectivity index (χ1v) is 8.14. The molecule has 1 N–H and O–H groups in total. The van der Waals surface area contributed by atoms with Crippen LogP contribution in [-0.2, 0) is 0 Å². The quantitative estimate of drug-likeness (QED) is 0.928. The smallest absolute Gasteiger partial charge is 0.211 e. The third-order valence-electron chi connectivity index (χ3n) is 3.60. The maximum Gasteiger partial charge on any atom is 0.211 e. The average molecular weight is 309 g/mol. The second kappa shape index (κ2) is 5.81. The van der Waals surface area contributed by atoms with Gasteiger partial charge in [-0.1, -0.05) is 42.0 Å². The topological polar surface area (TPSA) is 46.2 Å². The van der Waals surface area contributed by atoms with Gasteiger partial charge in [0.15, 0.2) is 0 Å². The number of aryl methyl sites for hydroxylation is 1. The molecule has 0 spiro atoms. The number of Topliss-reactive ketones (excluding diaryl/α,β-unsaturated/α-hetero) is 2. The number of nitrogens with one attached hydrogen (secondary N) is 1. The van der Waals surface area contributed by atoms with E-state index in [1.54, 1.807) is 24.3 Å². The van der Waals surface area contributed by atoms with Crippen LogP contribution in [-0.4, -0.2) is 17.8 Å². The van der Waals surface area contributed by atoms with Gasteiger partial charge in [0, 0.05) is 16.8 Å². The Bertz CT molecular complexity index is 791. The molecule has 1 aliphatic rings. The lowest BCUT2D eigenvalue weighted by Crippen LogP contribution is -2.24. The minimum absolute atomic E-state index is 0.0997. The van der Waals surface area contributed by atoms with Gasteiger partial charge in [0.1, 0.15) is 5.70 Å². The number of ketones is 2. The van der Waals surface area contributed by atoms with E-state index in [1.807, 2.05) is 37.4 Å². The normalized spacial score (nSPS) is 14.1. The highest BCUT2D eigenvalue weighted by atomic mass is 32.2. The summed E-state index contributed by atoms with van der Waals surface area (Å²) in [6.07, 6.45) is 1.81. The van der Waals surface area contributed by atoms with Crippen LogP contribution in [0.4, 0.5) is 5.69 Å². The summed E-state index contributed by atoms with van der Waals surface area (Å²) < 4.78 is 0. The Labute approximate surface area is 133 Å². The fourth-order valence-corrected chi connectivity index (χ4v) is 3.09. The Kier molecular flexibility index (Phi) is 3.86. The van der Waals surface area contributed by atoms with Crippen LogP contribution < -0.4 is 5.32 Å². The number of carbonyl (C=O) groups excluding carboxylic acids is 2. The van der Waals surface area contributed by atoms with Crippen LogP contribution in [0.1, 0.15) is 26.3 Å². The van der Waals surface area contributed by atoms with Crippen LogP contribution in [0.25, 0.3) is 0 Å². The molecular weight excluding hydrogens is 294 g/mol. The molecule has 2 aromatic carbocycles. The van der Waals surface area contributed by atoms with E-state index in [1.165, 1.54) is 11.8 Å². The summed E-state index contributed by atoms with van der Waals surface area (Å²) in [4.78, 5) is 25.8. The Morgan fingerprint density at radius 3 is 2.05 bits per heavy atom. The van der Waals surface area contributed by atoms with Gasteiger partial charge in [0.2, 0.25) is 11.6 Å². The summed E-state index contributed by atoms with van der Waals surface area (Å²) in [5, 5.41) is 3.12. The van der Waals surface area contributed by atoms with Crippen LogP contribution >= 0.6 is 11.8 Å². The minimum atomic E-state index is -0.139. The molecule has 0 saturated carbocycles. The first-order chi connectivity index (χ1) is 10.6. The van der Waals surface area contributed by atoms with Crippen molar-refractivity contribution >= 4 is 29.0 Å². The SMILES string of the molecule is CSC1=C(Nc2ccc(C)cc2)C(=O)c2ccccc2C1=O. The molecule has 110 valence electrons. The van der Waals surface area contributed by atoms with Gasteiger partial charge in [-0.05, 0) is 25.3 Å². The lowest BCUT2D eigenvalue weighted by Gasteiger charge is -2.21. The van der Waals surface area contributed by atoms with E-state index in [4.69, 9.17) is 0 Å². The Balaban J connectivity index is 2.06. The van der Waals surface area contributed by atoms with Crippen LogP contribution in [0, 0.1) is 6.92 Å². The van der Waals surface area contributed by atoms with E-state index in [-0.39, 0.29) is 11.6 Å². The summed E-state index contributed by atoms with van der Waals surface area (Å²) in [6, 6.07) is 14.7. The molecule has 0 radical (unpaired) electrons. The molecule has 1 aliphatic carbocycles. The van der Waals surface area contributed by atoms with Crippen molar-refractivity contribution in [3.8, 4) is 0 Å². The van der Waals surface area contributed by atoms with Crippen LogP contribution in [0.2, 0.25) is 0 Å². The van der Waals surface area contributed by atoms with E-state index < -0.39 is 0 Å². The van der Waals surface area contributed by atoms with Crippen molar-refractivity contribution in [3.63, 3.8) is 0 Å². The van der Waals surface area contributed by atoms with Crippen molar-refractivity contribution in [1.29, 1.82) is 0 Å². The Hall–Kier alpha value is -2.33. The van der Waals surface area contributed by atoms with Crippen LogP contribution in [0.3, 0.4) is 0 Å². The van der Waals surface area contributed by atoms with Crippen molar-refractivity contribution in [2.75, 3.05) is 11.6 Å². The summed E-state index contributed by atoms with van der Waals surface area (Å²) >= 11 is 1.30. The number of fused-ring (bicyclic) bond motifs is 1. The largest absolute Gasteiger partial charge is 0.351 e. The summed E-state index contributed by atoms with van der Waals surface area (Å²) in [7, 11) is 0. The fraction of sp³-hybridized carbons (Fsp3) is 0.111. The average Bonchev–Trinajstić information content (AvgIpc) is 2.55. The first-order valence-electron chi connectivity index (χ1n) is 6.92. The zero-order chi connectivity index (χ0) is 15.7. The van der Waals surface area contributed by atoms with Crippen LogP contribution in [0.15, 0.2) is 59.1 Å². The van der Waals surface area contributed by atoms with Crippen molar-refractivity contribution in [2.24, 2.45) is 0 Å². The maximum atomic E-state index is 12.7. The summed E-state index contributed by atoms with van der Waals surface area (Å²) in [6.45, 7) is 2.00. The lowest BCUT2D eigenvalue weighted by molar-refractivity contribution is 0.0982. The molecule has 0 aliphatic heterocycles. The summed E-state index contributed by atoms with van der Waals surface area (Å²) in [5.74, 6) is -0.238. The zero-order valence-corrected chi connectivity index (χ0v) is 13.2. The van der Waals surface area contributed by atoms with Crippen molar-refractivity contribution in [2.45, 2.75) is 6.92 Å². The maximum absolute atomic E-state index is 12.7. The number of rotatable bonds is 3. The van der Waals surface area contributed by atoms with Gasteiger partial charge in [0.05, 0.1) is 4.91 Å². The van der Waals surface area contributed by atoms with Gasteiger partial charge < -0.3 is 5.32 Å². The molecule has 0 saturated heterocycles. The molecule has 0 aromatic heterocycles. The van der Waals surface area contributed by atoms with Gasteiger partial charge >= 0.3 is 0 Å². The van der Waals surface area contributed by atoms with Crippen molar-refractivity contribution < 1.29 is 9.59 Å². The molecule has 0 bridgehead atoms. The third-order valence-corrected chi connectivity index (χ3v) is 4.40. The number of hydrogen-bond donors (Lipinski definition) is 1. The van der Waals surface area contributed by atoms with E-state index in [0.717, 1.165) is 11.3 Å². The second-order valence-electron chi connectivity index (χ2n) is 5.10. The predicted octanol–water partition coefficient (Wildman–Crippen LogP) is 4.06. The second-order valence-corrected chi connectivity index (χ2v) is 5.92. The molecule has 0 unspecified atom stereocenters. The number of anilines is 1. The molecule has 0 fully saturated rings. The minimum Gasteiger partial charge on any atom is -0.351 e. The number of hydrogen-bond acceptors (Lipinski definition) is 4. The standard InChI is InChI=1S/C18H15NO2S/c1-11-7-9-12(10-8-11)19-15-16(20)13-5-3-4-6-14(13)17(21)18(15)22-2/h3-10,19H,1-2H3. The van der Waals surface area contributed by atoms with E-state index in [0.29, 0.717) is 21.7 Å². The molecule has 2 aromatic rings. The highest BCUT2D eigenvalue weighted by molar-refractivity contribution is 8.03. The fourth-order valence-electron chi connectivity index (χ4n) is 2.44. The molecule has 4 heteroatoms. The highest BCUT2D eigenvalue weighted by Crippen LogP contribution is 2.32. The molecule has 0 atom stereocenters. The Morgan fingerprint density at radius 1 is 0.864 bits per heavy atom. The van der Waals surface area contributed by atoms with Gasteiger partial charge in [-0.25, -0.2) is 0 Å². The van der Waals surface area contributed by atoms with Crippen LogP contribution in [0.5, 0.6) is 0 Å². The van der Waals surface area contributed by atoms with E-state index in [2.05, 4.69) is 5.32 Å². The van der Waals surface area contributed by atoms with Crippen molar-refractivity contribution in [3.05, 3.63) is 75.8 Å². The Morgan fingerprint density at radius 2 is 1.45 bits per heavy atom. The summed E-state index contributed by atoms with van der Waals surface area (Å²) in [5.41, 5.74) is 3.24. The van der Waals surface area contributed by atoms with E-state index in [9.17, 15) is 9.59 Å². The third kappa shape index (κ3) is 2.46. The zero-order valence-electron chi connectivity index (χ0n) is 12.3. The highest BCUT2D eigenvalue weighted by Gasteiger charge is 2.31. The van der Waals surface area contributed by atoms with E-state index >= 15 is 0 Å². The van der Waals surface area contributed by atoms with Gasteiger partial charge in [0.25, 0.3) is 0 Å². The lowest BCUT2D eigenvalue weighted by atomic mass is 9.92. The first kappa shape index (κ1) is 14.6. The number of thioether (sulfide) groups is 1. The molecule has 22 heavy (non-hydrogen) atoms.